The Morgan fingerprint density at radius 3 is 2.36 bits per heavy atom. The van der Waals surface area contributed by atoms with E-state index in [9.17, 15) is 9.59 Å². The topological polar surface area (TPSA) is 58.6 Å². The number of amides is 2. The van der Waals surface area contributed by atoms with E-state index in [-0.39, 0.29) is 30.5 Å². The molecule has 0 spiro atoms. The Hall–Kier alpha value is -2.82. The molecule has 0 saturated carbocycles. The van der Waals surface area contributed by atoms with Gasteiger partial charge in [-0.1, -0.05) is 42.5 Å². The van der Waals surface area contributed by atoms with Crippen LogP contribution in [0.1, 0.15) is 49.0 Å². The summed E-state index contributed by atoms with van der Waals surface area (Å²) in [4.78, 5) is 27.2. The molecule has 1 fully saturated rings. The number of para-hydroxylation sites is 1. The number of carbonyl (C=O) groups is 2. The number of likely N-dealkylation sites (tertiary alicyclic amines) is 1. The summed E-state index contributed by atoms with van der Waals surface area (Å²) in [5.74, 6) is 0.185. The van der Waals surface area contributed by atoms with Crippen molar-refractivity contribution in [3.8, 4) is 5.75 Å². The minimum Gasteiger partial charge on any atom is -0.483 e. The maximum atomic E-state index is 12.7. The molecule has 0 radical (unpaired) electrons. The Labute approximate surface area is 166 Å². The van der Waals surface area contributed by atoms with Gasteiger partial charge in [-0.05, 0) is 50.8 Å². The predicted molar refractivity (Wildman–Crippen MR) is 109 cm³/mol. The second-order valence-corrected chi connectivity index (χ2v) is 7.38. The van der Waals surface area contributed by atoms with Crippen LogP contribution in [0.4, 0.5) is 0 Å². The second kappa shape index (κ2) is 9.40. The van der Waals surface area contributed by atoms with Crippen molar-refractivity contribution in [3.63, 3.8) is 0 Å². The smallest absolute Gasteiger partial charge is 0.260 e. The summed E-state index contributed by atoms with van der Waals surface area (Å²) in [6, 6.07) is 17.2. The molecule has 1 saturated heterocycles. The first-order chi connectivity index (χ1) is 13.6. The minimum absolute atomic E-state index is 0.0285. The molecule has 0 bridgehead atoms. The lowest BCUT2D eigenvalue weighted by atomic mass is 9.97. The zero-order valence-corrected chi connectivity index (χ0v) is 16.6. The van der Waals surface area contributed by atoms with Gasteiger partial charge in [0.05, 0.1) is 5.56 Å². The molecule has 2 aromatic rings. The highest BCUT2D eigenvalue weighted by Gasteiger charge is 2.29. The first-order valence-corrected chi connectivity index (χ1v) is 9.91. The van der Waals surface area contributed by atoms with Crippen molar-refractivity contribution in [2.24, 2.45) is 0 Å². The summed E-state index contributed by atoms with van der Waals surface area (Å²) >= 11 is 0. The van der Waals surface area contributed by atoms with Gasteiger partial charge in [0.15, 0.2) is 6.61 Å². The highest BCUT2D eigenvalue weighted by Crippen LogP contribution is 2.23. The van der Waals surface area contributed by atoms with Gasteiger partial charge in [0.25, 0.3) is 11.8 Å². The van der Waals surface area contributed by atoms with Gasteiger partial charge in [-0.2, -0.15) is 0 Å². The molecule has 3 rings (SSSR count). The van der Waals surface area contributed by atoms with Crippen LogP contribution in [0.5, 0.6) is 5.75 Å². The molecule has 1 N–H and O–H groups in total. The van der Waals surface area contributed by atoms with E-state index in [1.807, 2.05) is 35.2 Å². The van der Waals surface area contributed by atoms with Gasteiger partial charge in [-0.25, -0.2) is 0 Å². The fraction of sp³-hybridized carbons (Fsp3) is 0.391. The van der Waals surface area contributed by atoms with Crippen molar-refractivity contribution in [2.45, 2.75) is 51.7 Å². The molecular weight excluding hydrogens is 352 g/mol. The number of ether oxygens (including phenoxy) is 1. The fourth-order valence-electron chi connectivity index (χ4n) is 3.78. The van der Waals surface area contributed by atoms with Crippen LogP contribution in [0.25, 0.3) is 0 Å². The van der Waals surface area contributed by atoms with Gasteiger partial charge in [0.2, 0.25) is 0 Å². The zero-order valence-electron chi connectivity index (χ0n) is 16.6. The number of nitrogens with one attached hydrogen (secondary N) is 1. The van der Waals surface area contributed by atoms with E-state index in [1.165, 1.54) is 0 Å². The highest BCUT2D eigenvalue weighted by atomic mass is 16.5. The van der Waals surface area contributed by atoms with Crippen molar-refractivity contribution in [2.75, 3.05) is 6.61 Å². The average molecular weight is 380 g/mol. The van der Waals surface area contributed by atoms with Crippen LogP contribution >= 0.6 is 0 Å². The van der Waals surface area contributed by atoms with Crippen molar-refractivity contribution < 1.29 is 14.3 Å². The monoisotopic (exact) mass is 380 g/mol. The maximum Gasteiger partial charge on any atom is 0.260 e. The molecule has 2 atom stereocenters. The third-order valence-corrected chi connectivity index (χ3v) is 5.26. The number of hydrogen-bond acceptors (Lipinski definition) is 3. The Kier molecular flexibility index (Phi) is 6.69. The van der Waals surface area contributed by atoms with E-state index in [0.717, 1.165) is 24.8 Å². The SMILES string of the molecule is CC1CCCC(C)N1C(=O)COc1ccccc1C(=O)NCc1ccccc1. The van der Waals surface area contributed by atoms with Crippen molar-refractivity contribution in [1.29, 1.82) is 0 Å². The predicted octanol–water partition coefficient (Wildman–Crippen LogP) is 3.78. The number of nitrogens with zero attached hydrogens (tertiary/aromatic N) is 1. The van der Waals surface area contributed by atoms with Crippen molar-refractivity contribution in [3.05, 3.63) is 65.7 Å². The van der Waals surface area contributed by atoms with Crippen molar-refractivity contribution in [1.82, 2.24) is 10.2 Å². The summed E-state index contributed by atoms with van der Waals surface area (Å²) in [7, 11) is 0. The summed E-state index contributed by atoms with van der Waals surface area (Å²) < 4.78 is 5.77. The van der Waals surface area contributed by atoms with Crippen molar-refractivity contribution >= 4 is 11.8 Å². The number of piperidine rings is 1. The van der Waals surface area contributed by atoms with Crippen LogP contribution in [0.15, 0.2) is 54.6 Å². The van der Waals surface area contributed by atoms with Crippen LogP contribution in [-0.4, -0.2) is 35.4 Å². The quantitative estimate of drug-likeness (QED) is 0.830. The van der Waals surface area contributed by atoms with E-state index in [1.54, 1.807) is 24.3 Å². The van der Waals surface area contributed by atoms with Crippen LogP contribution in [0.2, 0.25) is 0 Å². The number of rotatable bonds is 6. The normalized spacial score (nSPS) is 19.1. The number of benzene rings is 2. The molecule has 2 amide bonds. The van der Waals surface area contributed by atoms with Crippen LogP contribution in [-0.2, 0) is 11.3 Å². The van der Waals surface area contributed by atoms with E-state index in [0.29, 0.717) is 17.9 Å². The second-order valence-electron chi connectivity index (χ2n) is 7.38. The van der Waals surface area contributed by atoms with Crippen LogP contribution < -0.4 is 10.1 Å². The molecule has 148 valence electrons. The summed E-state index contributed by atoms with van der Waals surface area (Å²) in [5.41, 5.74) is 1.46. The van der Waals surface area contributed by atoms with E-state index in [2.05, 4.69) is 19.2 Å². The van der Waals surface area contributed by atoms with Gasteiger partial charge in [0.1, 0.15) is 5.75 Å². The van der Waals surface area contributed by atoms with Gasteiger partial charge in [-0.3, -0.25) is 9.59 Å². The molecule has 0 aromatic heterocycles. The highest BCUT2D eigenvalue weighted by molar-refractivity contribution is 5.97. The van der Waals surface area contributed by atoms with E-state index in [4.69, 9.17) is 4.74 Å². The average Bonchev–Trinajstić information content (AvgIpc) is 2.71. The molecule has 1 aliphatic rings. The van der Waals surface area contributed by atoms with Gasteiger partial charge < -0.3 is 15.0 Å². The molecule has 28 heavy (non-hydrogen) atoms. The largest absolute Gasteiger partial charge is 0.483 e. The molecule has 1 aliphatic heterocycles. The Morgan fingerprint density at radius 1 is 1.00 bits per heavy atom. The van der Waals surface area contributed by atoms with Gasteiger partial charge >= 0.3 is 0 Å². The molecule has 2 aromatic carbocycles. The molecule has 5 nitrogen and oxygen atoms in total. The Morgan fingerprint density at radius 2 is 1.64 bits per heavy atom. The molecular formula is C23H28N2O3. The van der Waals surface area contributed by atoms with Gasteiger partial charge in [0, 0.05) is 18.6 Å². The molecule has 2 unspecified atom stereocenters. The van der Waals surface area contributed by atoms with Crippen LogP contribution in [0, 0.1) is 0 Å². The lowest BCUT2D eigenvalue weighted by Gasteiger charge is -2.39. The van der Waals surface area contributed by atoms with E-state index < -0.39 is 0 Å². The minimum atomic E-state index is -0.216. The van der Waals surface area contributed by atoms with E-state index >= 15 is 0 Å². The summed E-state index contributed by atoms with van der Waals surface area (Å²) in [5, 5.41) is 2.91. The first-order valence-electron chi connectivity index (χ1n) is 9.91. The summed E-state index contributed by atoms with van der Waals surface area (Å²) in [6.45, 7) is 4.55. The first kappa shape index (κ1) is 19.9. The molecule has 1 heterocycles. The maximum absolute atomic E-state index is 12.7. The summed E-state index contributed by atoms with van der Waals surface area (Å²) in [6.07, 6.45) is 3.19. The lowest BCUT2D eigenvalue weighted by molar-refractivity contribution is -0.139. The fourth-order valence-corrected chi connectivity index (χ4v) is 3.78. The molecule has 5 heteroatoms. The lowest BCUT2D eigenvalue weighted by Crippen LogP contribution is -2.49. The third-order valence-electron chi connectivity index (χ3n) is 5.26. The molecule has 0 aliphatic carbocycles. The van der Waals surface area contributed by atoms with Gasteiger partial charge in [-0.15, -0.1) is 0 Å². The number of carbonyl (C=O) groups excluding carboxylic acids is 2. The number of hydrogen-bond donors (Lipinski definition) is 1. The Balaban J connectivity index is 1.61. The zero-order chi connectivity index (χ0) is 19.9. The third kappa shape index (κ3) is 4.91. The standard InChI is InChI=1S/C23H28N2O3/c1-17-9-8-10-18(2)25(17)22(26)16-28-21-14-7-6-13-20(21)23(27)24-15-19-11-4-3-5-12-19/h3-7,11-14,17-18H,8-10,15-16H2,1-2H3,(H,24,27). The van der Waals surface area contributed by atoms with Crippen LogP contribution in [0.3, 0.4) is 0 Å². The Bertz CT molecular complexity index is 797.